The molecule has 4 aromatic heterocycles. The van der Waals surface area contributed by atoms with Gasteiger partial charge < -0.3 is 0 Å². The van der Waals surface area contributed by atoms with E-state index in [1.54, 1.807) is 0 Å². The Kier molecular flexibility index (Phi) is 9.06. The fraction of sp³-hybridized carbons (Fsp3) is 0.0323. The van der Waals surface area contributed by atoms with E-state index < -0.39 is 0 Å². The fourth-order valence-corrected chi connectivity index (χ4v) is 12.9. The summed E-state index contributed by atoms with van der Waals surface area (Å²) in [6.45, 7) is 4.32. The van der Waals surface area contributed by atoms with Gasteiger partial charge in [0.2, 0.25) is 0 Å². The zero-order valence-electron chi connectivity index (χ0n) is 36.3. The van der Waals surface area contributed by atoms with Gasteiger partial charge in [-0.3, -0.25) is 9.97 Å². The fourth-order valence-electron chi connectivity index (χ4n) is 10.4. The highest BCUT2D eigenvalue weighted by atomic mass is 32.1. The van der Waals surface area contributed by atoms with Gasteiger partial charge in [-0.05, 0) is 70.5 Å². The lowest BCUT2D eigenvalue weighted by molar-refractivity contribution is 1.23. The van der Waals surface area contributed by atoms with Gasteiger partial charge in [-0.15, -0.1) is 22.7 Å². The summed E-state index contributed by atoms with van der Waals surface area (Å²) >= 11 is 3.75. The predicted octanol–water partition coefficient (Wildman–Crippen LogP) is 18.1. The van der Waals surface area contributed by atoms with Crippen molar-refractivity contribution in [3.63, 3.8) is 0 Å². The Morgan fingerprint density at radius 1 is 0.273 bits per heavy atom. The second kappa shape index (κ2) is 15.5. The van der Waals surface area contributed by atoms with Crippen LogP contribution in [-0.2, 0) is 0 Å². The number of benzene rings is 9. The average molecular weight is 877 g/mol. The van der Waals surface area contributed by atoms with Crippen molar-refractivity contribution in [3.8, 4) is 66.8 Å². The maximum Gasteiger partial charge on any atom is 0.0974 e. The highest BCUT2D eigenvalue weighted by Gasteiger charge is 2.23. The molecule has 0 amide bonds. The number of rotatable bonds is 6. The summed E-state index contributed by atoms with van der Waals surface area (Å²) in [6, 6.07) is 75.2. The SMILES string of the molecule is Cc1nc2c(ccc3c(-c4ccccc4)c(-c4ccc(-c5cccc6c5sc5ccccc56)cc4)c(C)nc32)c(-c2ccccc2)c1-c1ccc(-c2cccc3c2sc2ccccc23)cc1. The molecule has 0 spiro atoms. The number of pyridine rings is 2. The van der Waals surface area contributed by atoms with Crippen LogP contribution in [0.5, 0.6) is 0 Å². The first-order valence-electron chi connectivity index (χ1n) is 22.5. The number of nitrogens with zero attached hydrogens (tertiary/aromatic N) is 2. The molecule has 0 saturated heterocycles. The van der Waals surface area contributed by atoms with Crippen LogP contribution in [0.4, 0.5) is 0 Å². The molecule has 0 saturated carbocycles. The topological polar surface area (TPSA) is 25.8 Å². The van der Waals surface area contributed by atoms with Gasteiger partial charge in [0.1, 0.15) is 0 Å². The van der Waals surface area contributed by atoms with E-state index in [4.69, 9.17) is 9.97 Å². The second-order valence-electron chi connectivity index (χ2n) is 17.2. The number of hydrogen-bond acceptors (Lipinski definition) is 4. The molecule has 0 radical (unpaired) electrons. The quantitative estimate of drug-likeness (QED) is 0.156. The first-order valence-corrected chi connectivity index (χ1v) is 24.1. The van der Waals surface area contributed by atoms with Gasteiger partial charge in [-0.2, -0.15) is 0 Å². The van der Waals surface area contributed by atoms with Crippen LogP contribution in [0.15, 0.2) is 206 Å². The molecule has 0 fully saturated rings. The minimum atomic E-state index is 0.916. The minimum Gasteiger partial charge on any atom is -0.250 e. The maximum absolute atomic E-state index is 5.52. The lowest BCUT2D eigenvalue weighted by atomic mass is 9.86. The van der Waals surface area contributed by atoms with Gasteiger partial charge >= 0.3 is 0 Å². The Labute approximate surface area is 390 Å². The van der Waals surface area contributed by atoms with Gasteiger partial charge in [0.15, 0.2) is 0 Å². The van der Waals surface area contributed by atoms with Crippen molar-refractivity contribution in [1.82, 2.24) is 9.97 Å². The van der Waals surface area contributed by atoms with Crippen molar-refractivity contribution in [2.45, 2.75) is 13.8 Å². The van der Waals surface area contributed by atoms with E-state index >= 15 is 0 Å². The van der Waals surface area contributed by atoms with Crippen LogP contribution in [0.3, 0.4) is 0 Å². The summed E-state index contributed by atoms with van der Waals surface area (Å²) in [7, 11) is 0. The molecule has 9 aromatic carbocycles. The molecule has 0 aliphatic rings. The molecule has 4 heterocycles. The summed E-state index contributed by atoms with van der Waals surface area (Å²) in [5.41, 5.74) is 18.0. The van der Waals surface area contributed by atoms with E-state index in [1.807, 2.05) is 22.7 Å². The van der Waals surface area contributed by atoms with E-state index in [2.05, 4.69) is 220 Å². The zero-order valence-corrected chi connectivity index (χ0v) is 38.0. The van der Waals surface area contributed by atoms with Crippen LogP contribution in [0, 0.1) is 13.8 Å². The van der Waals surface area contributed by atoms with Gasteiger partial charge in [0, 0.05) is 84.8 Å². The van der Waals surface area contributed by atoms with E-state index in [9.17, 15) is 0 Å². The Bertz CT molecular complexity index is 3770. The zero-order chi connectivity index (χ0) is 43.9. The smallest absolute Gasteiger partial charge is 0.0974 e. The number of aryl methyl sites for hydroxylation is 2. The monoisotopic (exact) mass is 876 g/mol. The van der Waals surface area contributed by atoms with Gasteiger partial charge in [-0.25, -0.2) is 0 Å². The van der Waals surface area contributed by atoms with Crippen LogP contribution in [-0.4, -0.2) is 9.97 Å². The van der Waals surface area contributed by atoms with Crippen LogP contribution < -0.4 is 0 Å². The number of fused-ring (bicyclic) bond motifs is 9. The largest absolute Gasteiger partial charge is 0.250 e. The second-order valence-corrected chi connectivity index (χ2v) is 19.3. The predicted molar refractivity (Wildman–Crippen MR) is 285 cm³/mol. The number of thiophene rings is 2. The molecule has 0 aliphatic heterocycles. The van der Waals surface area contributed by atoms with Crippen LogP contribution in [0.2, 0.25) is 0 Å². The molecule has 310 valence electrons. The summed E-state index contributed by atoms with van der Waals surface area (Å²) < 4.78 is 5.28. The van der Waals surface area contributed by atoms with Crippen LogP contribution in [0.25, 0.3) is 129 Å². The molecule has 0 aliphatic carbocycles. The van der Waals surface area contributed by atoms with Gasteiger partial charge in [-0.1, -0.05) is 194 Å². The molecule has 2 nitrogen and oxygen atoms in total. The third-order valence-corrected chi connectivity index (χ3v) is 15.8. The Morgan fingerprint density at radius 2 is 0.621 bits per heavy atom. The molecular weight excluding hydrogens is 837 g/mol. The van der Waals surface area contributed by atoms with Crippen molar-refractivity contribution >= 4 is 84.8 Å². The van der Waals surface area contributed by atoms with Crippen molar-refractivity contribution in [3.05, 3.63) is 218 Å². The van der Waals surface area contributed by atoms with E-state index in [0.717, 1.165) is 66.6 Å². The summed E-state index contributed by atoms with van der Waals surface area (Å²) in [4.78, 5) is 11.0. The molecule has 66 heavy (non-hydrogen) atoms. The van der Waals surface area contributed by atoms with E-state index in [0.29, 0.717) is 0 Å². The Hall–Kier alpha value is -7.76. The molecule has 0 atom stereocenters. The Morgan fingerprint density at radius 3 is 1.05 bits per heavy atom. The van der Waals surface area contributed by atoms with Crippen molar-refractivity contribution in [2.75, 3.05) is 0 Å². The molecular formula is C62H40N2S2. The Balaban J connectivity index is 0.972. The lowest BCUT2D eigenvalue weighted by Crippen LogP contribution is -2.00. The molecule has 13 aromatic rings. The van der Waals surface area contributed by atoms with Crippen molar-refractivity contribution in [1.29, 1.82) is 0 Å². The minimum absolute atomic E-state index is 0.916. The van der Waals surface area contributed by atoms with Crippen LogP contribution >= 0.6 is 22.7 Å². The standard InChI is InChI=1S/C62H40N2S2/c1-37-55(43-31-27-39(28-32-43)45-21-13-23-49-47-19-9-11-25-53(47)65-61(45)49)57(41-15-5-3-6-16-41)51-35-36-52-58(42-17-7-4-8-18-42)56(38(2)64-60(52)59(51)63-37)44-33-29-40(30-34-44)46-22-14-24-50-48-20-10-12-26-54(48)66-62(46)50/h3-36H,1-2H3. The molecule has 0 unspecified atom stereocenters. The number of hydrogen-bond donors (Lipinski definition) is 0. The van der Waals surface area contributed by atoms with E-state index in [-0.39, 0.29) is 0 Å². The third kappa shape index (κ3) is 6.14. The summed E-state index contributed by atoms with van der Waals surface area (Å²) in [5, 5.41) is 7.44. The summed E-state index contributed by atoms with van der Waals surface area (Å²) in [6.07, 6.45) is 0. The highest BCUT2D eigenvalue weighted by molar-refractivity contribution is 7.26. The molecule has 0 bridgehead atoms. The summed E-state index contributed by atoms with van der Waals surface area (Å²) in [5.74, 6) is 0. The average Bonchev–Trinajstić information content (AvgIpc) is 3.95. The molecule has 0 N–H and O–H groups in total. The first-order chi connectivity index (χ1) is 32.6. The normalized spacial score (nSPS) is 11.8. The molecule has 4 heteroatoms. The molecule has 13 rings (SSSR count). The van der Waals surface area contributed by atoms with Crippen molar-refractivity contribution < 1.29 is 0 Å². The van der Waals surface area contributed by atoms with Crippen LogP contribution in [0.1, 0.15) is 11.4 Å². The maximum atomic E-state index is 5.52. The highest BCUT2D eigenvalue weighted by Crippen LogP contribution is 2.47. The van der Waals surface area contributed by atoms with Gasteiger partial charge in [0.25, 0.3) is 0 Å². The van der Waals surface area contributed by atoms with E-state index in [1.165, 1.54) is 73.7 Å². The third-order valence-electron chi connectivity index (χ3n) is 13.4. The first kappa shape index (κ1) is 38.7. The van der Waals surface area contributed by atoms with Crippen molar-refractivity contribution in [2.24, 2.45) is 0 Å². The number of aromatic nitrogens is 2. The lowest BCUT2D eigenvalue weighted by Gasteiger charge is -2.20. The van der Waals surface area contributed by atoms with Gasteiger partial charge in [0.05, 0.1) is 11.0 Å².